The van der Waals surface area contributed by atoms with Crippen molar-refractivity contribution in [1.29, 1.82) is 0 Å². The zero-order valence-electron chi connectivity index (χ0n) is 21.4. The van der Waals surface area contributed by atoms with Crippen molar-refractivity contribution in [2.45, 2.75) is 64.1 Å². The summed E-state index contributed by atoms with van der Waals surface area (Å²) in [5, 5.41) is 5.87. The molecule has 1 unspecified atom stereocenters. The highest BCUT2D eigenvalue weighted by molar-refractivity contribution is 5.93. The van der Waals surface area contributed by atoms with Gasteiger partial charge >= 0.3 is 0 Å². The van der Waals surface area contributed by atoms with Gasteiger partial charge in [0.15, 0.2) is 0 Å². The number of fused-ring (bicyclic) bond motifs is 1. The molecule has 1 aromatic heterocycles. The average Bonchev–Trinajstić information content (AvgIpc) is 3.54. The van der Waals surface area contributed by atoms with Gasteiger partial charge in [-0.1, -0.05) is 49.4 Å². The number of imidazole rings is 1. The lowest BCUT2D eigenvalue weighted by molar-refractivity contribution is -0.138. The molecule has 1 aliphatic carbocycles. The molecule has 0 spiro atoms. The van der Waals surface area contributed by atoms with Gasteiger partial charge in [0.1, 0.15) is 11.9 Å². The smallest absolute Gasteiger partial charge is 0.243 e. The Bertz CT molecular complexity index is 1230. The molecule has 0 bridgehead atoms. The van der Waals surface area contributed by atoms with Crippen LogP contribution >= 0.6 is 0 Å². The molecule has 5 rings (SSSR count). The van der Waals surface area contributed by atoms with Gasteiger partial charge in [0.2, 0.25) is 17.7 Å². The van der Waals surface area contributed by atoms with Crippen LogP contribution in [0.25, 0.3) is 11.0 Å². The number of H-pyrrole nitrogens is 1. The number of aromatic amines is 1. The maximum Gasteiger partial charge on any atom is 0.243 e. The van der Waals surface area contributed by atoms with E-state index < -0.39 is 12.1 Å². The van der Waals surface area contributed by atoms with Crippen LogP contribution in [0.15, 0.2) is 54.6 Å². The molecular weight excluding hydrogens is 466 g/mol. The Balaban J connectivity index is 1.30. The fourth-order valence-electron chi connectivity index (χ4n) is 5.55. The summed E-state index contributed by atoms with van der Waals surface area (Å²) in [6, 6.07) is 16.3. The quantitative estimate of drug-likeness (QED) is 0.433. The van der Waals surface area contributed by atoms with Crippen LogP contribution in [0.2, 0.25) is 0 Å². The van der Waals surface area contributed by atoms with Crippen molar-refractivity contribution in [3.05, 3.63) is 66.0 Å². The van der Waals surface area contributed by atoms with Crippen LogP contribution in [-0.4, -0.2) is 45.2 Å². The van der Waals surface area contributed by atoms with Crippen molar-refractivity contribution in [1.82, 2.24) is 25.5 Å². The first kappa shape index (κ1) is 25.0. The Labute approximate surface area is 217 Å². The number of hydrogen-bond donors (Lipinski definition) is 3. The van der Waals surface area contributed by atoms with Crippen LogP contribution in [-0.2, 0) is 14.4 Å². The summed E-state index contributed by atoms with van der Waals surface area (Å²) >= 11 is 0. The van der Waals surface area contributed by atoms with Gasteiger partial charge in [0.05, 0.1) is 29.5 Å². The predicted molar refractivity (Wildman–Crippen MR) is 141 cm³/mol. The number of carbonyl (C=O) groups is 3. The van der Waals surface area contributed by atoms with Crippen LogP contribution in [0.1, 0.15) is 69.4 Å². The third-order valence-electron chi connectivity index (χ3n) is 7.69. The number of nitrogens with zero attached hydrogens (tertiary/aromatic N) is 2. The van der Waals surface area contributed by atoms with Gasteiger partial charge in [-0.2, -0.15) is 0 Å². The minimum atomic E-state index is -0.945. The van der Waals surface area contributed by atoms with Gasteiger partial charge in [0.25, 0.3) is 0 Å². The lowest BCUT2D eigenvalue weighted by atomic mass is 9.75. The molecule has 1 saturated carbocycles. The standard InChI is InChI=1S/C29H35N5O3/c1-18-15-21(16-18)28(36)33-24(17-26(35)34-14-8-13-25(34)20-9-4-3-5-10-20)29(37)30-19(2)27-31-22-11-6-7-12-23(22)32-27/h3-7,9-12,18-19,21,24-25H,8,13-17H2,1-2H3,(H,30,37)(H,31,32)(H,33,36)/t18?,19?,21?,24-,25+/m0/s1. The Hall–Kier alpha value is -3.68. The minimum absolute atomic E-state index is 0.00457. The summed E-state index contributed by atoms with van der Waals surface area (Å²) in [5.74, 6) is 0.389. The molecule has 2 aliphatic rings. The lowest BCUT2D eigenvalue weighted by Crippen LogP contribution is -2.52. The van der Waals surface area contributed by atoms with Crippen molar-refractivity contribution in [2.24, 2.45) is 11.8 Å². The monoisotopic (exact) mass is 501 g/mol. The third kappa shape index (κ3) is 5.53. The predicted octanol–water partition coefficient (Wildman–Crippen LogP) is 4.02. The molecule has 3 atom stereocenters. The topological polar surface area (TPSA) is 107 Å². The summed E-state index contributed by atoms with van der Waals surface area (Å²) in [4.78, 5) is 49.5. The summed E-state index contributed by atoms with van der Waals surface area (Å²) in [6.45, 7) is 4.61. The number of rotatable bonds is 8. The van der Waals surface area contributed by atoms with Gasteiger partial charge in [-0.05, 0) is 56.2 Å². The number of para-hydroxylation sites is 2. The normalized spacial score (nSPS) is 22.8. The Morgan fingerprint density at radius 1 is 1.05 bits per heavy atom. The Morgan fingerprint density at radius 2 is 1.78 bits per heavy atom. The zero-order chi connectivity index (χ0) is 25.9. The van der Waals surface area contributed by atoms with Crippen molar-refractivity contribution in [2.75, 3.05) is 6.54 Å². The first-order chi connectivity index (χ1) is 17.9. The van der Waals surface area contributed by atoms with E-state index in [-0.39, 0.29) is 36.1 Å². The van der Waals surface area contributed by atoms with Crippen molar-refractivity contribution < 1.29 is 14.4 Å². The lowest BCUT2D eigenvalue weighted by Gasteiger charge is -2.33. The van der Waals surface area contributed by atoms with Gasteiger partial charge < -0.3 is 20.5 Å². The van der Waals surface area contributed by atoms with Gasteiger partial charge in [-0.25, -0.2) is 4.98 Å². The SMILES string of the molecule is CC1CC(C(=O)N[C@@H](CC(=O)N2CCC[C@@H]2c2ccccc2)C(=O)NC(C)c2nc3ccccc3[nH]2)C1. The average molecular weight is 502 g/mol. The van der Waals surface area contributed by atoms with Gasteiger partial charge in [-0.15, -0.1) is 0 Å². The van der Waals surface area contributed by atoms with E-state index >= 15 is 0 Å². The van der Waals surface area contributed by atoms with E-state index in [1.165, 1.54) is 0 Å². The molecule has 3 N–H and O–H groups in total. The van der Waals surface area contributed by atoms with Crippen LogP contribution in [0.5, 0.6) is 0 Å². The maximum atomic E-state index is 13.5. The van der Waals surface area contributed by atoms with E-state index in [1.54, 1.807) is 0 Å². The summed E-state index contributed by atoms with van der Waals surface area (Å²) in [5.41, 5.74) is 2.80. The summed E-state index contributed by atoms with van der Waals surface area (Å²) in [6.07, 6.45) is 3.35. The molecule has 1 aliphatic heterocycles. The second kappa shape index (κ2) is 10.7. The first-order valence-corrected chi connectivity index (χ1v) is 13.3. The highest BCUT2D eigenvalue weighted by Crippen LogP contribution is 2.34. The van der Waals surface area contributed by atoms with Crippen LogP contribution in [0.4, 0.5) is 0 Å². The second-order valence-electron chi connectivity index (χ2n) is 10.6. The molecule has 194 valence electrons. The van der Waals surface area contributed by atoms with Crippen molar-refractivity contribution in [3.8, 4) is 0 Å². The van der Waals surface area contributed by atoms with E-state index in [2.05, 4.69) is 27.5 Å². The summed E-state index contributed by atoms with van der Waals surface area (Å²) < 4.78 is 0. The van der Waals surface area contributed by atoms with Gasteiger partial charge in [0, 0.05) is 12.5 Å². The van der Waals surface area contributed by atoms with Gasteiger partial charge in [-0.3, -0.25) is 14.4 Å². The molecule has 37 heavy (non-hydrogen) atoms. The van der Waals surface area contributed by atoms with E-state index in [0.29, 0.717) is 18.3 Å². The third-order valence-corrected chi connectivity index (χ3v) is 7.69. The molecule has 3 aromatic rings. The van der Waals surface area contributed by atoms with Crippen molar-refractivity contribution in [3.63, 3.8) is 0 Å². The Morgan fingerprint density at radius 3 is 2.51 bits per heavy atom. The van der Waals surface area contributed by atoms with Crippen LogP contribution < -0.4 is 10.6 Å². The molecule has 2 fully saturated rings. The Kier molecular flexibility index (Phi) is 7.26. The number of carbonyl (C=O) groups excluding carboxylic acids is 3. The summed E-state index contributed by atoms with van der Waals surface area (Å²) in [7, 11) is 0. The first-order valence-electron chi connectivity index (χ1n) is 13.3. The molecule has 0 radical (unpaired) electrons. The highest BCUT2D eigenvalue weighted by Gasteiger charge is 2.37. The number of hydrogen-bond acceptors (Lipinski definition) is 4. The van der Waals surface area contributed by atoms with E-state index in [0.717, 1.165) is 42.3 Å². The minimum Gasteiger partial charge on any atom is -0.345 e. The van der Waals surface area contributed by atoms with E-state index in [9.17, 15) is 14.4 Å². The number of amides is 3. The van der Waals surface area contributed by atoms with Crippen LogP contribution in [0, 0.1) is 11.8 Å². The molecule has 8 heteroatoms. The maximum absolute atomic E-state index is 13.5. The zero-order valence-corrected chi connectivity index (χ0v) is 21.4. The number of benzene rings is 2. The van der Waals surface area contributed by atoms with Crippen molar-refractivity contribution >= 4 is 28.8 Å². The molecule has 2 heterocycles. The molecular formula is C29H35N5O3. The highest BCUT2D eigenvalue weighted by atomic mass is 16.2. The van der Waals surface area contributed by atoms with E-state index in [4.69, 9.17) is 0 Å². The fourth-order valence-corrected chi connectivity index (χ4v) is 5.55. The molecule has 1 saturated heterocycles. The number of nitrogens with one attached hydrogen (secondary N) is 3. The fraction of sp³-hybridized carbons (Fsp3) is 0.448. The molecule has 2 aromatic carbocycles. The second-order valence-corrected chi connectivity index (χ2v) is 10.6. The molecule has 3 amide bonds. The molecule has 8 nitrogen and oxygen atoms in total. The van der Waals surface area contributed by atoms with E-state index in [1.807, 2.05) is 66.4 Å². The largest absolute Gasteiger partial charge is 0.345 e. The number of aromatic nitrogens is 2. The van der Waals surface area contributed by atoms with Crippen LogP contribution in [0.3, 0.4) is 0 Å². The number of likely N-dealkylation sites (tertiary alicyclic amines) is 1.